The van der Waals surface area contributed by atoms with Gasteiger partial charge in [0.1, 0.15) is 16.7 Å². The van der Waals surface area contributed by atoms with Gasteiger partial charge in [0, 0.05) is 12.6 Å². The molecule has 0 bridgehead atoms. The number of hydrogen-bond donors (Lipinski definition) is 1. The lowest BCUT2D eigenvalue weighted by Crippen LogP contribution is -2.35. The number of para-hydroxylation sites is 2. The molecule has 1 fully saturated rings. The van der Waals surface area contributed by atoms with Crippen LogP contribution in [-0.4, -0.2) is 40.5 Å². The Labute approximate surface area is 175 Å². The number of nitrogens with one attached hydrogen (secondary N) is 1. The summed E-state index contributed by atoms with van der Waals surface area (Å²) in [5.41, 5.74) is 1.33. The van der Waals surface area contributed by atoms with Crippen LogP contribution in [0.1, 0.15) is 5.56 Å². The van der Waals surface area contributed by atoms with Crippen LogP contribution in [-0.2, 0) is 14.4 Å². The molecular formula is C20H14FN3O3S2. The van der Waals surface area contributed by atoms with Crippen molar-refractivity contribution >= 4 is 63.0 Å². The molecule has 9 heteroatoms. The highest BCUT2D eigenvalue weighted by Crippen LogP contribution is 2.44. The predicted octanol–water partition coefficient (Wildman–Crippen LogP) is 3.01. The molecule has 0 aliphatic carbocycles. The van der Waals surface area contributed by atoms with Crippen LogP contribution in [0.25, 0.3) is 5.57 Å². The Morgan fingerprint density at radius 2 is 1.79 bits per heavy atom. The van der Waals surface area contributed by atoms with Gasteiger partial charge in [0.2, 0.25) is 5.91 Å². The summed E-state index contributed by atoms with van der Waals surface area (Å²) in [6, 6.07) is 12.7. The van der Waals surface area contributed by atoms with Gasteiger partial charge in [-0.15, -0.1) is 0 Å². The lowest BCUT2D eigenvalue weighted by atomic mass is 10.1. The molecule has 0 aromatic heterocycles. The third-order valence-corrected chi connectivity index (χ3v) is 6.12. The van der Waals surface area contributed by atoms with Gasteiger partial charge in [-0.05, 0) is 18.2 Å². The maximum absolute atomic E-state index is 13.8. The molecule has 4 rings (SSSR count). The average molecular weight is 427 g/mol. The standard InChI is InChI=1S/C20H14FN3O3S2/c1-23-19(27)17(29-20(23)28)16-11-6-2-5-9-14(11)24(18(16)26)10-15(25)22-13-8-4-3-7-12(13)21/h2-9H,10H2,1H3,(H,22,25)/b17-16+. The molecule has 2 aromatic rings. The quantitative estimate of drug-likeness (QED) is 0.602. The van der Waals surface area contributed by atoms with Gasteiger partial charge in [-0.25, -0.2) is 4.39 Å². The number of halogens is 1. The molecule has 0 radical (unpaired) electrons. The first-order valence-corrected chi connectivity index (χ1v) is 9.80. The second-order valence-corrected chi connectivity index (χ2v) is 8.02. The van der Waals surface area contributed by atoms with Crippen molar-refractivity contribution in [2.75, 3.05) is 23.8 Å². The summed E-state index contributed by atoms with van der Waals surface area (Å²) >= 11 is 6.22. The number of carbonyl (C=O) groups is 3. The molecular weight excluding hydrogens is 413 g/mol. The van der Waals surface area contributed by atoms with Crippen molar-refractivity contribution in [3.63, 3.8) is 0 Å². The Kier molecular flexibility index (Phi) is 4.93. The zero-order valence-electron chi connectivity index (χ0n) is 15.1. The van der Waals surface area contributed by atoms with Gasteiger partial charge in [-0.1, -0.05) is 54.3 Å². The molecule has 2 heterocycles. The first kappa shape index (κ1) is 19.3. The second-order valence-electron chi connectivity index (χ2n) is 6.37. The van der Waals surface area contributed by atoms with E-state index in [1.807, 2.05) is 0 Å². The lowest BCUT2D eigenvalue weighted by molar-refractivity contribution is -0.121. The number of fused-ring (bicyclic) bond motifs is 1. The fraction of sp³-hybridized carbons (Fsp3) is 0.100. The van der Waals surface area contributed by atoms with Gasteiger partial charge in [0.15, 0.2) is 0 Å². The van der Waals surface area contributed by atoms with Crippen LogP contribution in [0.3, 0.4) is 0 Å². The molecule has 2 aromatic carbocycles. The van der Waals surface area contributed by atoms with Crippen molar-refractivity contribution in [2.24, 2.45) is 0 Å². The van der Waals surface area contributed by atoms with Crippen molar-refractivity contribution in [1.29, 1.82) is 0 Å². The highest BCUT2D eigenvalue weighted by atomic mass is 32.2. The van der Waals surface area contributed by atoms with Crippen molar-refractivity contribution < 1.29 is 18.8 Å². The van der Waals surface area contributed by atoms with E-state index >= 15 is 0 Å². The number of anilines is 2. The minimum atomic E-state index is -0.568. The minimum absolute atomic E-state index is 0.0320. The molecule has 2 aliphatic heterocycles. The number of likely N-dealkylation sites (N-methyl/N-ethyl adjacent to an activating group) is 1. The minimum Gasteiger partial charge on any atom is -0.322 e. The van der Waals surface area contributed by atoms with Crippen molar-refractivity contribution in [2.45, 2.75) is 0 Å². The van der Waals surface area contributed by atoms with Crippen molar-refractivity contribution in [3.05, 3.63) is 64.8 Å². The Bertz CT molecular complexity index is 1120. The molecule has 0 atom stereocenters. The molecule has 29 heavy (non-hydrogen) atoms. The summed E-state index contributed by atoms with van der Waals surface area (Å²) in [5.74, 6) is -1.94. The van der Waals surface area contributed by atoms with E-state index in [4.69, 9.17) is 12.2 Å². The van der Waals surface area contributed by atoms with Crippen LogP contribution >= 0.6 is 24.0 Å². The number of benzene rings is 2. The lowest BCUT2D eigenvalue weighted by Gasteiger charge is -2.17. The van der Waals surface area contributed by atoms with Crippen LogP contribution in [0, 0.1) is 5.82 Å². The van der Waals surface area contributed by atoms with Crippen LogP contribution in [0.4, 0.5) is 15.8 Å². The number of thiocarbonyl (C=S) groups is 1. The van der Waals surface area contributed by atoms with Gasteiger partial charge in [0.25, 0.3) is 11.8 Å². The largest absolute Gasteiger partial charge is 0.322 e. The van der Waals surface area contributed by atoms with Gasteiger partial charge < -0.3 is 5.32 Å². The van der Waals surface area contributed by atoms with E-state index in [9.17, 15) is 18.8 Å². The van der Waals surface area contributed by atoms with E-state index in [-0.39, 0.29) is 28.6 Å². The summed E-state index contributed by atoms with van der Waals surface area (Å²) < 4.78 is 14.2. The van der Waals surface area contributed by atoms with Crippen LogP contribution < -0.4 is 10.2 Å². The summed E-state index contributed by atoms with van der Waals surface area (Å²) in [6.07, 6.45) is 0. The van der Waals surface area contributed by atoms with Gasteiger partial charge in [-0.2, -0.15) is 0 Å². The summed E-state index contributed by atoms with van der Waals surface area (Å²) in [4.78, 5) is 41.0. The van der Waals surface area contributed by atoms with E-state index in [2.05, 4.69) is 5.32 Å². The normalized spacial score (nSPS) is 18.5. The Balaban J connectivity index is 1.67. The highest BCUT2D eigenvalue weighted by Gasteiger charge is 2.41. The zero-order valence-corrected chi connectivity index (χ0v) is 16.8. The third-order valence-electron chi connectivity index (χ3n) is 4.56. The van der Waals surface area contributed by atoms with Crippen LogP contribution in [0.5, 0.6) is 0 Å². The predicted molar refractivity (Wildman–Crippen MR) is 114 cm³/mol. The number of carbonyl (C=O) groups excluding carboxylic acids is 3. The average Bonchev–Trinajstić information content (AvgIpc) is 3.11. The van der Waals surface area contributed by atoms with E-state index in [1.165, 1.54) is 28.0 Å². The van der Waals surface area contributed by atoms with Crippen molar-refractivity contribution in [1.82, 2.24) is 4.90 Å². The maximum atomic E-state index is 13.8. The molecule has 1 saturated heterocycles. The molecule has 2 aliphatic rings. The summed E-state index contributed by atoms with van der Waals surface area (Å²) in [6.45, 7) is -0.319. The Hall–Kier alpha value is -3.04. The smallest absolute Gasteiger partial charge is 0.266 e. The van der Waals surface area contributed by atoms with E-state index in [0.29, 0.717) is 15.6 Å². The molecule has 3 amide bonds. The molecule has 1 N–H and O–H groups in total. The fourth-order valence-corrected chi connectivity index (χ4v) is 4.40. The third kappa shape index (κ3) is 3.32. The van der Waals surface area contributed by atoms with E-state index < -0.39 is 17.6 Å². The summed E-state index contributed by atoms with van der Waals surface area (Å²) in [7, 11) is 1.55. The number of rotatable bonds is 3. The van der Waals surface area contributed by atoms with Gasteiger partial charge in [-0.3, -0.25) is 24.2 Å². The number of nitrogens with zero attached hydrogens (tertiary/aromatic N) is 2. The van der Waals surface area contributed by atoms with Gasteiger partial charge in [0.05, 0.1) is 21.9 Å². The first-order valence-electron chi connectivity index (χ1n) is 8.58. The SMILES string of the molecule is CN1C(=O)/C(=C2\C(=O)N(CC(=O)Nc3ccccc3F)c3ccccc32)SC1=S. The Morgan fingerprint density at radius 1 is 1.10 bits per heavy atom. The maximum Gasteiger partial charge on any atom is 0.266 e. The fourth-order valence-electron chi connectivity index (χ4n) is 3.14. The molecule has 0 spiro atoms. The topological polar surface area (TPSA) is 69.7 Å². The zero-order chi connectivity index (χ0) is 20.7. The molecule has 0 saturated carbocycles. The van der Waals surface area contributed by atoms with Crippen molar-refractivity contribution in [3.8, 4) is 0 Å². The number of amides is 3. The van der Waals surface area contributed by atoms with Gasteiger partial charge >= 0.3 is 0 Å². The van der Waals surface area contributed by atoms with Crippen LogP contribution in [0.15, 0.2) is 53.4 Å². The van der Waals surface area contributed by atoms with E-state index in [0.717, 1.165) is 11.8 Å². The number of thioether (sulfide) groups is 1. The second kappa shape index (κ2) is 7.41. The molecule has 0 unspecified atom stereocenters. The highest BCUT2D eigenvalue weighted by molar-refractivity contribution is 8.26. The summed E-state index contributed by atoms with van der Waals surface area (Å²) in [5, 5.41) is 2.47. The monoisotopic (exact) mass is 427 g/mol. The molecule has 146 valence electrons. The number of hydrogen-bond acceptors (Lipinski definition) is 5. The Morgan fingerprint density at radius 3 is 2.48 bits per heavy atom. The molecule has 6 nitrogen and oxygen atoms in total. The first-order chi connectivity index (χ1) is 13.9. The van der Waals surface area contributed by atoms with E-state index in [1.54, 1.807) is 37.4 Å². The van der Waals surface area contributed by atoms with Crippen LogP contribution in [0.2, 0.25) is 0 Å².